The molecule has 1 aliphatic carbocycles. The molecule has 11 heteroatoms. The summed E-state index contributed by atoms with van der Waals surface area (Å²) in [6, 6.07) is 13.5. The van der Waals surface area contributed by atoms with Crippen molar-refractivity contribution < 1.29 is 27.8 Å². The fraction of sp³-hybridized carbons (Fsp3) is 0.444. The zero-order chi connectivity index (χ0) is 33.9. The first-order valence-corrected chi connectivity index (χ1v) is 16.5. The zero-order valence-corrected chi connectivity index (χ0v) is 27.8. The highest BCUT2D eigenvalue weighted by atomic mass is 35.5. The molecule has 0 radical (unpaired) electrons. The van der Waals surface area contributed by atoms with Gasteiger partial charge >= 0.3 is 0 Å². The van der Waals surface area contributed by atoms with E-state index in [0.29, 0.717) is 31.1 Å². The molecule has 0 unspecified atom stereocenters. The Morgan fingerprint density at radius 3 is 2.45 bits per heavy atom. The Balaban J connectivity index is 1.44. The predicted molar refractivity (Wildman–Crippen MR) is 179 cm³/mol. The van der Waals surface area contributed by atoms with E-state index in [1.165, 1.54) is 25.3 Å². The van der Waals surface area contributed by atoms with Gasteiger partial charge in [-0.1, -0.05) is 55.8 Å². The average Bonchev–Trinajstić information content (AvgIpc) is 3.36. The Morgan fingerprint density at radius 1 is 1.11 bits per heavy atom. The third-order valence-corrected chi connectivity index (χ3v) is 10.2. The Morgan fingerprint density at radius 2 is 1.81 bits per heavy atom. The van der Waals surface area contributed by atoms with Gasteiger partial charge in [0.05, 0.1) is 17.7 Å². The van der Waals surface area contributed by atoms with Crippen LogP contribution < -0.4 is 31.6 Å². The minimum absolute atomic E-state index is 0.00421. The van der Waals surface area contributed by atoms with Crippen molar-refractivity contribution in [2.45, 2.75) is 63.5 Å². The van der Waals surface area contributed by atoms with E-state index in [0.717, 1.165) is 37.7 Å². The number of nitrogens with one attached hydrogen (secondary N) is 2. The highest BCUT2D eigenvalue weighted by Crippen LogP contribution is 2.56. The molecule has 8 nitrogen and oxygen atoms in total. The van der Waals surface area contributed by atoms with Crippen LogP contribution in [0.4, 0.5) is 8.78 Å². The monoisotopic (exact) mass is 668 g/mol. The first-order valence-electron chi connectivity index (χ1n) is 16.2. The number of rotatable bonds is 12. The van der Waals surface area contributed by atoms with Crippen molar-refractivity contribution in [3.63, 3.8) is 0 Å². The van der Waals surface area contributed by atoms with Crippen molar-refractivity contribution in [3.8, 4) is 22.6 Å². The summed E-state index contributed by atoms with van der Waals surface area (Å²) in [6.45, 7) is 5.55. The fourth-order valence-corrected chi connectivity index (χ4v) is 7.19. The molecule has 252 valence electrons. The van der Waals surface area contributed by atoms with Gasteiger partial charge in [-0.2, -0.15) is 0 Å². The van der Waals surface area contributed by atoms with Crippen LogP contribution >= 0.6 is 11.6 Å². The lowest BCUT2D eigenvalue weighted by atomic mass is 9.77. The number of nitrogens with two attached hydrogens (primary N) is 2. The van der Waals surface area contributed by atoms with Crippen molar-refractivity contribution >= 4 is 23.4 Å². The molecule has 0 spiro atoms. The van der Waals surface area contributed by atoms with Gasteiger partial charge < -0.3 is 31.6 Å². The molecular formula is C36H43ClF2N4O4. The number of methoxy groups -OCH3 is 1. The third-order valence-electron chi connectivity index (χ3n) is 9.84. The Hall–Kier alpha value is -3.73. The number of ether oxygens (including phenoxy) is 2. The van der Waals surface area contributed by atoms with Crippen LogP contribution in [0.1, 0.15) is 73.4 Å². The number of carbonyl (C=O) groups excluding carboxylic acids is 2. The van der Waals surface area contributed by atoms with Crippen LogP contribution in [0.5, 0.6) is 11.5 Å². The second kappa shape index (κ2) is 14.6. The number of fused-ring (bicyclic) bond motifs is 1. The van der Waals surface area contributed by atoms with Crippen LogP contribution in [-0.2, 0) is 10.4 Å². The van der Waals surface area contributed by atoms with Gasteiger partial charge in [-0.3, -0.25) is 9.59 Å². The number of amides is 2. The molecule has 0 bridgehead atoms. The lowest BCUT2D eigenvalue weighted by Gasteiger charge is -2.37. The Labute approximate surface area is 279 Å². The SMILES string of the molecule is COc1ccc(C(N)=O)c(-c2c(Cl)c(F)cc3c2[C@H](C)[C@@](CNC2CCC(C(=O)NCC[C@H](C)CN)CC2)(c2ccccc2)O3)c1F. The van der Waals surface area contributed by atoms with Gasteiger partial charge in [0.1, 0.15) is 11.6 Å². The summed E-state index contributed by atoms with van der Waals surface area (Å²) in [7, 11) is 1.30. The third kappa shape index (κ3) is 6.82. The van der Waals surface area contributed by atoms with Crippen LogP contribution in [0.15, 0.2) is 48.5 Å². The van der Waals surface area contributed by atoms with E-state index in [2.05, 4.69) is 17.6 Å². The standard InChI is InChI=1S/C36H43ClF2N4O4/c1-20(18-40)15-16-42-35(45)22-9-11-24(12-10-22)43-19-36(23-7-5-4-6-8-23)21(2)29-28(47-36)17-26(38)32(37)31(29)30-25(34(41)44)13-14-27(46-3)33(30)39/h4-8,13-14,17,20-22,24,43H,9-12,15-16,18-19,40H2,1-3H3,(H2,41,44)(H,42,45)/t20-,21-,22?,24?,36-/m0/s1. The second-order valence-corrected chi connectivity index (χ2v) is 13.1. The number of benzene rings is 3. The summed E-state index contributed by atoms with van der Waals surface area (Å²) in [4.78, 5) is 25.3. The number of carbonyl (C=O) groups is 2. The molecular weight excluding hydrogens is 626 g/mol. The van der Waals surface area contributed by atoms with Gasteiger partial charge in [0, 0.05) is 53.7 Å². The molecule has 47 heavy (non-hydrogen) atoms. The normalized spacial score (nSPS) is 22.7. The van der Waals surface area contributed by atoms with Gasteiger partial charge in [0.15, 0.2) is 17.2 Å². The van der Waals surface area contributed by atoms with Crippen LogP contribution in [0, 0.1) is 23.5 Å². The summed E-state index contributed by atoms with van der Waals surface area (Å²) < 4.78 is 43.4. The number of primary amides is 1. The molecule has 3 aromatic carbocycles. The highest BCUT2D eigenvalue weighted by Gasteiger charge is 2.50. The molecule has 2 amide bonds. The average molecular weight is 669 g/mol. The van der Waals surface area contributed by atoms with Gasteiger partial charge in [-0.25, -0.2) is 8.78 Å². The molecule has 1 fully saturated rings. The summed E-state index contributed by atoms with van der Waals surface area (Å²) in [6.07, 6.45) is 3.95. The minimum Gasteiger partial charge on any atom is -0.494 e. The zero-order valence-electron chi connectivity index (χ0n) is 27.0. The van der Waals surface area contributed by atoms with Crippen molar-refractivity contribution in [3.05, 3.63) is 81.9 Å². The molecule has 1 heterocycles. The van der Waals surface area contributed by atoms with Crippen molar-refractivity contribution in [2.24, 2.45) is 23.3 Å². The lowest BCUT2D eigenvalue weighted by molar-refractivity contribution is -0.126. The first kappa shape index (κ1) is 34.6. The minimum atomic E-state index is -1.04. The molecule has 1 aliphatic heterocycles. The van der Waals surface area contributed by atoms with Crippen LogP contribution in [-0.4, -0.2) is 44.6 Å². The van der Waals surface area contributed by atoms with Gasteiger partial charge in [-0.05, 0) is 62.3 Å². The van der Waals surface area contributed by atoms with Crippen LogP contribution in [0.25, 0.3) is 11.1 Å². The van der Waals surface area contributed by atoms with E-state index in [9.17, 15) is 9.59 Å². The maximum Gasteiger partial charge on any atom is 0.249 e. The molecule has 0 saturated heterocycles. The highest BCUT2D eigenvalue weighted by molar-refractivity contribution is 6.34. The molecule has 6 N–H and O–H groups in total. The van der Waals surface area contributed by atoms with E-state index < -0.39 is 29.1 Å². The van der Waals surface area contributed by atoms with Crippen molar-refractivity contribution in [2.75, 3.05) is 26.7 Å². The summed E-state index contributed by atoms with van der Waals surface area (Å²) in [5.74, 6) is -2.62. The van der Waals surface area contributed by atoms with Crippen molar-refractivity contribution in [1.29, 1.82) is 0 Å². The molecule has 3 aromatic rings. The van der Waals surface area contributed by atoms with E-state index in [-0.39, 0.29) is 51.1 Å². The molecule has 3 atom stereocenters. The van der Waals surface area contributed by atoms with Crippen molar-refractivity contribution in [1.82, 2.24) is 10.6 Å². The molecule has 0 aromatic heterocycles. The number of halogens is 3. The number of hydrogen-bond acceptors (Lipinski definition) is 6. The van der Waals surface area contributed by atoms with E-state index in [1.54, 1.807) is 0 Å². The van der Waals surface area contributed by atoms with Crippen LogP contribution in [0.2, 0.25) is 5.02 Å². The Kier molecular flexibility index (Phi) is 10.7. The van der Waals surface area contributed by atoms with E-state index in [1.807, 2.05) is 37.3 Å². The van der Waals surface area contributed by atoms with Gasteiger partial charge in [-0.15, -0.1) is 0 Å². The summed E-state index contributed by atoms with van der Waals surface area (Å²) in [5.41, 5.74) is 11.2. The largest absolute Gasteiger partial charge is 0.494 e. The first-order chi connectivity index (χ1) is 22.5. The smallest absolute Gasteiger partial charge is 0.249 e. The molecule has 2 aliphatic rings. The second-order valence-electron chi connectivity index (χ2n) is 12.8. The number of hydrogen-bond donors (Lipinski definition) is 4. The summed E-state index contributed by atoms with van der Waals surface area (Å²) in [5, 5.41) is 6.39. The lowest BCUT2D eigenvalue weighted by Crippen LogP contribution is -2.48. The maximum absolute atomic E-state index is 16.0. The topological polar surface area (TPSA) is 129 Å². The fourth-order valence-electron chi connectivity index (χ4n) is 6.94. The van der Waals surface area contributed by atoms with E-state index >= 15 is 8.78 Å². The van der Waals surface area contributed by atoms with Gasteiger partial charge in [0.25, 0.3) is 0 Å². The quantitative estimate of drug-likeness (QED) is 0.187. The Bertz CT molecular complexity index is 1620. The van der Waals surface area contributed by atoms with E-state index in [4.69, 9.17) is 32.5 Å². The summed E-state index contributed by atoms with van der Waals surface area (Å²) >= 11 is 6.61. The predicted octanol–water partition coefficient (Wildman–Crippen LogP) is 6.03. The van der Waals surface area contributed by atoms with Crippen LogP contribution in [0.3, 0.4) is 0 Å². The molecule has 5 rings (SSSR count). The molecule has 1 saturated carbocycles. The maximum atomic E-state index is 16.0. The van der Waals surface area contributed by atoms with Gasteiger partial charge in [0.2, 0.25) is 11.8 Å².